The molecule has 0 N–H and O–H groups in total. The van der Waals surface area contributed by atoms with Crippen molar-refractivity contribution in [1.29, 1.82) is 0 Å². The van der Waals surface area contributed by atoms with Gasteiger partial charge in [-0.25, -0.2) is 4.79 Å². The van der Waals surface area contributed by atoms with E-state index in [1.54, 1.807) is 4.90 Å². The molecule has 3 aliphatic heterocycles. The van der Waals surface area contributed by atoms with E-state index in [2.05, 4.69) is 0 Å². The van der Waals surface area contributed by atoms with Gasteiger partial charge in [-0.3, -0.25) is 19.3 Å². The number of carbonyl (C=O) groups is 4. The summed E-state index contributed by atoms with van der Waals surface area (Å²) in [6.45, 7) is 0.411. The molecule has 0 aromatic heterocycles. The Morgan fingerprint density at radius 1 is 1.14 bits per heavy atom. The van der Waals surface area contributed by atoms with E-state index in [1.165, 1.54) is 0 Å². The summed E-state index contributed by atoms with van der Waals surface area (Å²) in [5.41, 5.74) is 0.198. The lowest BCUT2D eigenvalue weighted by atomic mass is 9.57. The molecule has 29 heavy (non-hydrogen) atoms. The molecule has 1 amide bonds. The summed E-state index contributed by atoms with van der Waals surface area (Å²) in [7, 11) is 0. The molecule has 152 valence electrons. The monoisotopic (exact) mass is 399 g/mol. The zero-order valence-corrected chi connectivity index (χ0v) is 15.7. The Morgan fingerprint density at radius 3 is 2.72 bits per heavy atom. The number of carbonyl (C=O) groups excluding carboxylic acids is 4. The van der Waals surface area contributed by atoms with E-state index in [1.807, 2.05) is 30.3 Å². The Labute approximate surface area is 167 Å². The van der Waals surface area contributed by atoms with Gasteiger partial charge in [0, 0.05) is 24.2 Å². The molecule has 0 unspecified atom stereocenters. The summed E-state index contributed by atoms with van der Waals surface area (Å²) >= 11 is 0. The van der Waals surface area contributed by atoms with Gasteiger partial charge in [0.2, 0.25) is 0 Å². The summed E-state index contributed by atoms with van der Waals surface area (Å²) in [5, 5.41) is 0. The highest BCUT2D eigenvalue weighted by atomic mass is 16.6. The Bertz CT molecular complexity index is 884. The molecule has 1 saturated carbocycles. The summed E-state index contributed by atoms with van der Waals surface area (Å²) in [6, 6.07) is 8.62. The molecule has 4 fully saturated rings. The normalized spacial score (nSPS) is 35.3. The van der Waals surface area contributed by atoms with Crippen molar-refractivity contribution in [2.45, 2.75) is 38.0 Å². The molecule has 5 rings (SSSR count). The number of fused-ring (bicyclic) bond motifs is 2. The van der Waals surface area contributed by atoms with Gasteiger partial charge in [-0.2, -0.15) is 0 Å². The van der Waals surface area contributed by atoms with Crippen molar-refractivity contribution < 1.29 is 33.4 Å². The van der Waals surface area contributed by atoms with E-state index in [9.17, 15) is 19.2 Å². The zero-order chi connectivity index (χ0) is 20.2. The second-order valence-electron chi connectivity index (χ2n) is 8.32. The number of esters is 2. The van der Waals surface area contributed by atoms with Gasteiger partial charge in [0.05, 0.1) is 18.7 Å². The van der Waals surface area contributed by atoms with Crippen molar-refractivity contribution >= 4 is 23.8 Å². The van der Waals surface area contributed by atoms with Gasteiger partial charge < -0.3 is 14.2 Å². The predicted molar refractivity (Wildman–Crippen MR) is 96.2 cm³/mol. The molecule has 3 heterocycles. The van der Waals surface area contributed by atoms with Gasteiger partial charge in [-0.15, -0.1) is 0 Å². The van der Waals surface area contributed by atoms with Crippen LogP contribution < -0.4 is 0 Å². The third-order valence-electron chi connectivity index (χ3n) is 6.84. The molecule has 8 nitrogen and oxygen atoms in total. The van der Waals surface area contributed by atoms with Crippen LogP contribution in [-0.2, 0) is 35.2 Å². The van der Waals surface area contributed by atoms with E-state index >= 15 is 0 Å². The van der Waals surface area contributed by atoms with E-state index < -0.39 is 41.3 Å². The molecule has 1 aromatic carbocycles. The second kappa shape index (κ2) is 6.57. The number of ether oxygens (including phenoxy) is 3. The van der Waals surface area contributed by atoms with Crippen molar-refractivity contribution in [3.05, 3.63) is 35.9 Å². The Balaban J connectivity index is 1.43. The number of ketones is 1. The molecule has 4 aliphatic rings. The van der Waals surface area contributed by atoms with Gasteiger partial charge in [0.1, 0.15) is 19.0 Å². The average Bonchev–Trinajstić information content (AvgIpc) is 3.22. The minimum absolute atomic E-state index is 0.0433. The first-order valence-electron chi connectivity index (χ1n) is 9.83. The maximum atomic E-state index is 12.9. The van der Waals surface area contributed by atoms with Gasteiger partial charge in [-0.05, 0) is 12.0 Å². The Morgan fingerprint density at radius 2 is 1.93 bits per heavy atom. The van der Waals surface area contributed by atoms with Crippen LogP contribution in [0.25, 0.3) is 0 Å². The minimum Gasteiger partial charge on any atom is -0.464 e. The van der Waals surface area contributed by atoms with Crippen LogP contribution in [0.15, 0.2) is 30.3 Å². The minimum atomic E-state index is -1.16. The molecule has 8 heteroatoms. The topological polar surface area (TPSA) is 99.2 Å². The largest absolute Gasteiger partial charge is 0.464 e. The molecule has 0 bridgehead atoms. The number of rotatable bonds is 3. The maximum Gasteiger partial charge on any atom is 0.410 e. The fourth-order valence-electron chi connectivity index (χ4n) is 5.56. The standard InChI is InChI=1S/C21H21NO7/c23-14-6-15-17(18(24)27-9-12-4-2-1-3-5-12)19(25)29-11-21(15)8-13-10-28-20(26)22(13)16(21)7-14/h1-5,13,15-17H,6-11H2/t13-,15-,16+,17+,21+/m1/s1. The van der Waals surface area contributed by atoms with Crippen LogP contribution in [0.3, 0.4) is 0 Å². The number of cyclic esters (lactones) is 2. The number of Topliss-reactive ketones (excluding diaryl/α,β-unsaturated/α-hetero) is 1. The van der Waals surface area contributed by atoms with Crippen LogP contribution in [0.4, 0.5) is 4.79 Å². The fourth-order valence-corrected chi connectivity index (χ4v) is 5.56. The summed E-state index contributed by atoms with van der Waals surface area (Å²) < 4.78 is 16.0. The van der Waals surface area contributed by atoms with Gasteiger partial charge in [0.15, 0.2) is 5.92 Å². The summed E-state index contributed by atoms with van der Waals surface area (Å²) in [5.74, 6) is -3.08. The maximum absolute atomic E-state index is 12.9. The molecular formula is C21H21NO7. The van der Waals surface area contributed by atoms with Crippen LogP contribution >= 0.6 is 0 Å². The van der Waals surface area contributed by atoms with Crippen LogP contribution in [-0.4, -0.2) is 54.0 Å². The van der Waals surface area contributed by atoms with Crippen molar-refractivity contribution in [1.82, 2.24) is 4.90 Å². The summed E-state index contributed by atoms with van der Waals surface area (Å²) in [6.07, 6.45) is 0.430. The van der Waals surface area contributed by atoms with Crippen molar-refractivity contribution in [2.75, 3.05) is 13.2 Å². The predicted octanol–water partition coefficient (Wildman–Crippen LogP) is 1.46. The first-order valence-corrected chi connectivity index (χ1v) is 9.83. The van der Waals surface area contributed by atoms with Crippen LogP contribution in [0.5, 0.6) is 0 Å². The van der Waals surface area contributed by atoms with Crippen LogP contribution in [0.2, 0.25) is 0 Å². The molecule has 5 atom stereocenters. The van der Waals surface area contributed by atoms with E-state index in [0.717, 1.165) is 5.56 Å². The quantitative estimate of drug-likeness (QED) is 0.431. The highest BCUT2D eigenvalue weighted by Crippen LogP contribution is 2.57. The Kier molecular flexibility index (Phi) is 4.11. The first kappa shape index (κ1) is 18.1. The molecule has 1 aliphatic carbocycles. The Hall–Kier alpha value is -2.90. The van der Waals surface area contributed by atoms with Crippen molar-refractivity contribution in [3.63, 3.8) is 0 Å². The number of benzene rings is 1. The molecule has 1 aromatic rings. The van der Waals surface area contributed by atoms with Gasteiger partial charge in [-0.1, -0.05) is 30.3 Å². The van der Waals surface area contributed by atoms with Crippen molar-refractivity contribution in [2.24, 2.45) is 17.3 Å². The third-order valence-corrected chi connectivity index (χ3v) is 6.84. The number of nitrogens with zero attached hydrogens (tertiary/aromatic N) is 1. The average molecular weight is 399 g/mol. The SMILES string of the molecule is O=C1C[C@@H]2[C@@H](C(=O)OCc3ccccc3)C(=O)OC[C@@]23C[C@@H]2COC(=O)N2[C@H]3C1. The lowest BCUT2D eigenvalue weighted by Gasteiger charge is -2.50. The zero-order valence-electron chi connectivity index (χ0n) is 15.7. The molecule has 3 saturated heterocycles. The van der Waals surface area contributed by atoms with E-state index in [4.69, 9.17) is 14.2 Å². The van der Waals surface area contributed by atoms with Crippen molar-refractivity contribution in [3.8, 4) is 0 Å². The number of hydrogen-bond acceptors (Lipinski definition) is 7. The van der Waals surface area contributed by atoms with Gasteiger partial charge >= 0.3 is 18.0 Å². The van der Waals surface area contributed by atoms with E-state index in [-0.39, 0.29) is 44.5 Å². The summed E-state index contributed by atoms with van der Waals surface area (Å²) in [4.78, 5) is 51.8. The van der Waals surface area contributed by atoms with Crippen LogP contribution in [0, 0.1) is 17.3 Å². The first-order chi connectivity index (χ1) is 14.0. The highest BCUT2D eigenvalue weighted by Gasteiger charge is 2.68. The number of hydrogen-bond donors (Lipinski definition) is 0. The third kappa shape index (κ3) is 2.73. The second-order valence-corrected chi connectivity index (χ2v) is 8.32. The highest BCUT2D eigenvalue weighted by molar-refractivity contribution is 5.97. The molecular weight excluding hydrogens is 378 g/mol. The lowest BCUT2D eigenvalue weighted by Crippen LogP contribution is -2.60. The van der Waals surface area contributed by atoms with Gasteiger partial charge in [0.25, 0.3) is 0 Å². The van der Waals surface area contributed by atoms with Crippen LogP contribution in [0.1, 0.15) is 24.8 Å². The smallest absolute Gasteiger partial charge is 0.410 e. The number of amides is 1. The molecule has 1 spiro atoms. The van der Waals surface area contributed by atoms with E-state index in [0.29, 0.717) is 6.42 Å². The lowest BCUT2D eigenvalue weighted by molar-refractivity contribution is -0.188. The molecule has 0 radical (unpaired) electrons. The fraction of sp³-hybridized carbons (Fsp3) is 0.524.